The van der Waals surface area contributed by atoms with Gasteiger partial charge in [0.05, 0.1) is 6.26 Å². The summed E-state index contributed by atoms with van der Waals surface area (Å²) in [7, 11) is 0. The molecule has 0 radical (unpaired) electrons. The van der Waals surface area contributed by atoms with Crippen LogP contribution in [-0.2, 0) is 13.0 Å². The molecule has 0 spiro atoms. The summed E-state index contributed by atoms with van der Waals surface area (Å²) in [4.78, 5) is 4.57. The first-order valence-electron chi connectivity index (χ1n) is 7.81. The Kier molecular flexibility index (Phi) is 7.45. The van der Waals surface area contributed by atoms with Crippen LogP contribution in [-0.4, -0.2) is 33.6 Å². The van der Waals surface area contributed by atoms with Crippen LogP contribution < -0.4 is 10.6 Å². The molecule has 25 heavy (non-hydrogen) atoms. The number of hydrogen-bond acceptors (Lipinski definition) is 4. The van der Waals surface area contributed by atoms with E-state index in [4.69, 9.17) is 4.42 Å². The van der Waals surface area contributed by atoms with Crippen molar-refractivity contribution in [2.24, 2.45) is 4.99 Å². The lowest BCUT2D eigenvalue weighted by molar-refractivity contribution is 0.507. The number of nitrogens with zero attached hydrogens (tertiary/aromatic N) is 4. The number of hydrogen-bond donors (Lipinski definition) is 2. The average molecular weight is 452 g/mol. The number of fused-ring (bicyclic) bond motifs is 1. The first-order valence-corrected chi connectivity index (χ1v) is 7.81. The first kappa shape index (κ1) is 19.0. The average Bonchev–Trinajstić information content (AvgIpc) is 3.26. The van der Waals surface area contributed by atoms with Gasteiger partial charge >= 0.3 is 0 Å². The van der Waals surface area contributed by atoms with E-state index >= 15 is 0 Å². The van der Waals surface area contributed by atoms with E-state index in [-0.39, 0.29) is 24.0 Å². The summed E-state index contributed by atoms with van der Waals surface area (Å²) in [5.41, 5.74) is 0.814. The van der Waals surface area contributed by atoms with Gasteiger partial charge in [-0.25, -0.2) is 4.99 Å². The summed E-state index contributed by atoms with van der Waals surface area (Å²) in [6.45, 7) is 5.50. The van der Waals surface area contributed by atoms with Crippen molar-refractivity contribution in [3.05, 3.63) is 67.0 Å². The highest BCUT2D eigenvalue weighted by molar-refractivity contribution is 14.0. The van der Waals surface area contributed by atoms with E-state index in [1.165, 1.54) is 0 Å². The van der Waals surface area contributed by atoms with Crippen LogP contribution in [0.1, 0.15) is 11.6 Å². The van der Waals surface area contributed by atoms with Crippen LogP contribution in [0.5, 0.6) is 0 Å². The number of aliphatic imine (C=N–C) groups is 1. The monoisotopic (exact) mass is 452 g/mol. The van der Waals surface area contributed by atoms with Crippen molar-refractivity contribution in [2.75, 3.05) is 13.1 Å². The van der Waals surface area contributed by atoms with Crippen LogP contribution in [0.2, 0.25) is 0 Å². The summed E-state index contributed by atoms with van der Waals surface area (Å²) in [6.07, 6.45) is 6.18. The number of rotatable bonds is 7. The molecule has 0 saturated carbocycles. The molecule has 0 fully saturated rings. The predicted molar refractivity (Wildman–Crippen MR) is 108 cm³/mol. The molecule has 7 nitrogen and oxygen atoms in total. The van der Waals surface area contributed by atoms with Crippen LogP contribution in [0.4, 0.5) is 0 Å². The highest BCUT2D eigenvalue weighted by Crippen LogP contribution is 2.04. The maximum Gasteiger partial charge on any atom is 0.191 e. The van der Waals surface area contributed by atoms with E-state index in [0.29, 0.717) is 19.0 Å². The summed E-state index contributed by atoms with van der Waals surface area (Å²) in [5.74, 6) is 2.43. The number of halogens is 1. The Labute approximate surface area is 163 Å². The molecule has 3 aromatic heterocycles. The van der Waals surface area contributed by atoms with E-state index in [9.17, 15) is 0 Å². The van der Waals surface area contributed by atoms with E-state index in [2.05, 4.69) is 32.4 Å². The molecule has 0 bridgehead atoms. The van der Waals surface area contributed by atoms with E-state index < -0.39 is 0 Å². The number of furan rings is 1. The minimum atomic E-state index is 0. The van der Waals surface area contributed by atoms with E-state index in [1.54, 1.807) is 12.3 Å². The Morgan fingerprint density at radius 2 is 2.16 bits per heavy atom. The van der Waals surface area contributed by atoms with Crippen LogP contribution in [0, 0.1) is 0 Å². The molecular weight excluding hydrogens is 431 g/mol. The van der Waals surface area contributed by atoms with Crippen molar-refractivity contribution in [1.82, 2.24) is 25.2 Å². The Balaban J connectivity index is 0.00000225. The van der Waals surface area contributed by atoms with Crippen LogP contribution in [0.25, 0.3) is 5.65 Å². The second-order valence-corrected chi connectivity index (χ2v) is 5.14. The molecule has 0 saturated heterocycles. The zero-order valence-electron chi connectivity index (χ0n) is 13.8. The van der Waals surface area contributed by atoms with Crippen molar-refractivity contribution in [3.8, 4) is 0 Å². The van der Waals surface area contributed by atoms with Gasteiger partial charge in [-0.2, -0.15) is 0 Å². The standard InChI is InChI=1S/C17H20N6O.HI/c1-2-9-18-17(19-10-8-14-6-5-12-24-14)20-13-16-22-21-15-7-3-4-11-23(15)16;/h2-7,11-12H,1,8-10,13H2,(H2,18,19,20);1H. The van der Waals surface area contributed by atoms with Crippen LogP contribution in [0.15, 0.2) is 64.9 Å². The van der Waals surface area contributed by atoms with Gasteiger partial charge in [0.1, 0.15) is 12.3 Å². The lowest BCUT2D eigenvalue weighted by atomic mass is 10.3. The van der Waals surface area contributed by atoms with Crippen LogP contribution >= 0.6 is 24.0 Å². The van der Waals surface area contributed by atoms with Crippen molar-refractivity contribution in [2.45, 2.75) is 13.0 Å². The fraction of sp³-hybridized carbons (Fsp3) is 0.235. The van der Waals surface area contributed by atoms with Gasteiger partial charge in [0, 0.05) is 25.7 Å². The molecule has 3 rings (SSSR count). The minimum Gasteiger partial charge on any atom is -0.469 e. The molecule has 0 atom stereocenters. The molecule has 132 valence electrons. The lowest BCUT2D eigenvalue weighted by Crippen LogP contribution is -2.38. The van der Waals surface area contributed by atoms with Gasteiger partial charge in [-0.3, -0.25) is 4.40 Å². The zero-order chi connectivity index (χ0) is 16.6. The minimum absolute atomic E-state index is 0. The largest absolute Gasteiger partial charge is 0.469 e. The molecule has 0 aromatic carbocycles. The number of aromatic nitrogens is 3. The van der Waals surface area contributed by atoms with Crippen molar-refractivity contribution >= 4 is 35.6 Å². The third-order valence-electron chi connectivity index (χ3n) is 3.42. The van der Waals surface area contributed by atoms with Gasteiger partial charge in [0.15, 0.2) is 17.4 Å². The quantitative estimate of drug-likeness (QED) is 0.249. The molecular formula is C17H21IN6O. The summed E-state index contributed by atoms with van der Waals surface area (Å²) < 4.78 is 7.25. The fourth-order valence-corrected chi connectivity index (χ4v) is 2.25. The van der Waals surface area contributed by atoms with E-state index in [1.807, 2.05) is 40.9 Å². The van der Waals surface area contributed by atoms with Gasteiger partial charge in [-0.1, -0.05) is 12.1 Å². The highest BCUT2D eigenvalue weighted by atomic mass is 127. The molecule has 2 N–H and O–H groups in total. The smallest absolute Gasteiger partial charge is 0.191 e. The van der Waals surface area contributed by atoms with E-state index in [0.717, 1.165) is 30.2 Å². The summed E-state index contributed by atoms with van der Waals surface area (Å²) in [6, 6.07) is 9.64. The Hall–Kier alpha value is -2.36. The third-order valence-corrected chi connectivity index (χ3v) is 3.42. The second kappa shape index (κ2) is 9.82. The van der Waals surface area contributed by atoms with Gasteiger partial charge in [0.25, 0.3) is 0 Å². The Morgan fingerprint density at radius 1 is 1.24 bits per heavy atom. The Bertz CT molecular complexity index is 812. The third kappa shape index (κ3) is 5.31. The van der Waals surface area contributed by atoms with Gasteiger partial charge in [0.2, 0.25) is 0 Å². The topological polar surface area (TPSA) is 79.8 Å². The summed E-state index contributed by atoms with van der Waals surface area (Å²) >= 11 is 0. The first-order chi connectivity index (χ1) is 11.9. The normalized spacial score (nSPS) is 11.1. The molecule has 0 unspecified atom stereocenters. The molecule has 3 aromatic rings. The molecule has 0 aliphatic rings. The fourth-order valence-electron chi connectivity index (χ4n) is 2.25. The van der Waals surface area contributed by atoms with Crippen LogP contribution in [0.3, 0.4) is 0 Å². The van der Waals surface area contributed by atoms with Crippen molar-refractivity contribution in [1.29, 1.82) is 0 Å². The summed E-state index contributed by atoms with van der Waals surface area (Å²) in [5, 5.41) is 14.8. The van der Waals surface area contributed by atoms with Gasteiger partial charge < -0.3 is 15.1 Å². The molecule has 0 aliphatic carbocycles. The molecule has 3 heterocycles. The van der Waals surface area contributed by atoms with Crippen molar-refractivity contribution < 1.29 is 4.42 Å². The predicted octanol–water partition coefficient (Wildman–Crippen LogP) is 2.40. The van der Waals surface area contributed by atoms with Crippen molar-refractivity contribution in [3.63, 3.8) is 0 Å². The lowest BCUT2D eigenvalue weighted by Gasteiger charge is -2.10. The molecule has 0 amide bonds. The zero-order valence-corrected chi connectivity index (χ0v) is 16.1. The number of guanidine groups is 1. The SMILES string of the molecule is C=CCNC(=NCc1nnc2ccccn12)NCCc1ccco1.I. The second-order valence-electron chi connectivity index (χ2n) is 5.14. The maximum absolute atomic E-state index is 5.33. The number of nitrogens with one attached hydrogen (secondary N) is 2. The Morgan fingerprint density at radius 3 is 2.96 bits per heavy atom. The number of pyridine rings is 1. The highest BCUT2D eigenvalue weighted by Gasteiger charge is 2.05. The molecule has 0 aliphatic heterocycles. The van der Waals surface area contributed by atoms with Gasteiger partial charge in [-0.15, -0.1) is 40.8 Å². The van der Waals surface area contributed by atoms with Gasteiger partial charge in [-0.05, 0) is 24.3 Å². The maximum atomic E-state index is 5.33. The molecule has 8 heteroatoms.